The molecule has 0 aromatic heterocycles. The van der Waals surface area contributed by atoms with Crippen LogP contribution in [0.5, 0.6) is 0 Å². The first-order chi connectivity index (χ1) is 11.3. The molecule has 24 heavy (non-hydrogen) atoms. The molecule has 2 aliphatic carbocycles. The lowest BCUT2D eigenvalue weighted by Gasteiger charge is -2.10. The largest absolute Gasteiger partial charge is 0.457 e. The minimum absolute atomic E-state index is 0.0172. The highest BCUT2D eigenvalue weighted by Gasteiger charge is 2.76. The number of allylic oxidation sites excluding steroid dienone is 1. The molecule has 128 valence electrons. The van der Waals surface area contributed by atoms with Crippen LogP contribution in [-0.4, -0.2) is 32.9 Å². The number of hydrogen-bond acceptors (Lipinski definition) is 3. The van der Waals surface area contributed by atoms with E-state index in [0.717, 1.165) is 5.56 Å². The van der Waals surface area contributed by atoms with Crippen LogP contribution in [-0.2, 0) is 20.7 Å². The lowest BCUT2D eigenvalue weighted by molar-refractivity contribution is -0.149. The van der Waals surface area contributed by atoms with Crippen LogP contribution in [0.25, 0.3) is 0 Å². The number of carbonyl (C=O) groups excluding carboxylic acids is 2. The minimum Gasteiger partial charge on any atom is -0.457 e. The van der Waals surface area contributed by atoms with Crippen LogP contribution in [0, 0.1) is 5.92 Å². The summed E-state index contributed by atoms with van der Waals surface area (Å²) in [5, 5.41) is 0. The van der Waals surface area contributed by atoms with E-state index >= 15 is 0 Å². The molecule has 0 bridgehead atoms. The van der Waals surface area contributed by atoms with Gasteiger partial charge in [-0.25, -0.2) is 0 Å². The van der Waals surface area contributed by atoms with Gasteiger partial charge in [-0.1, -0.05) is 46.3 Å². The first-order valence-electron chi connectivity index (χ1n) is 7.71. The molecule has 0 N–H and O–H groups in total. The Morgan fingerprint density at radius 1 is 1.38 bits per heavy atom. The molecule has 3 nitrogen and oxygen atoms in total. The average molecular weight is 432 g/mol. The average Bonchev–Trinajstić information content (AvgIpc) is 2.79. The second-order valence-corrected chi connectivity index (χ2v) is 9.05. The Morgan fingerprint density at radius 2 is 2.04 bits per heavy atom. The van der Waals surface area contributed by atoms with Crippen molar-refractivity contribution in [2.45, 2.75) is 35.1 Å². The molecule has 2 aliphatic rings. The SMILES string of the molecule is CC1(Br)C(C(=O)OC2C=C(Cc3ccccc3)C(=O)C2)C1(Cl)CCl. The third-order valence-corrected chi connectivity index (χ3v) is 7.49. The molecule has 6 heteroatoms. The Kier molecular flexibility index (Phi) is 4.84. The summed E-state index contributed by atoms with van der Waals surface area (Å²) in [6.07, 6.45) is 1.96. The van der Waals surface area contributed by atoms with Crippen LogP contribution >= 0.6 is 39.1 Å². The van der Waals surface area contributed by atoms with Crippen LogP contribution in [0.15, 0.2) is 42.0 Å². The second kappa shape index (κ2) is 6.47. The maximum Gasteiger partial charge on any atom is 0.312 e. The number of hydrogen-bond donors (Lipinski definition) is 0. The predicted molar refractivity (Wildman–Crippen MR) is 97.9 cm³/mol. The van der Waals surface area contributed by atoms with Crippen molar-refractivity contribution in [3.8, 4) is 0 Å². The molecule has 0 amide bonds. The smallest absolute Gasteiger partial charge is 0.312 e. The number of rotatable bonds is 5. The number of Topliss-reactive ketones (excluding diaryl/α,β-unsaturated/α-hetero) is 1. The van der Waals surface area contributed by atoms with Crippen molar-refractivity contribution in [1.29, 1.82) is 0 Å². The molecular formula is C18H17BrCl2O3. The lowest BCUT2D eigenvalue weighted by Crippen LogP contribution is -2.20. The molecule has 1 saturated carbocycles. The van der Waals surface area contributed by atoms with Gasteiger partial charge in [-0.2, -0.15) is 0 Å². The number of benzene rings is 1. The van der Waals surface area contributed by atoms with E-state index in [2.05, 4.69) is 15.9 Å². The van der Waals surface area contributed by atoms with Gasteiger partial charge in [-0.3, -0.25) is 9.59 Å². The predicted octanol–water partition coefficient (Wildman–Crippen LogP) is 4.04. The first-order valence-corrected chi connectivity index (χ1v) is 9.42. The van der Waals surface area contributed by atoms with E-state index in [0.29, 0.717) is 12.0 Å². The van der Waals surface area contributed by atoms with Gasteiger partial charge in [0.15, 0.2) is 5.78 Å². The maximum atomic E-state index is 12.4. The fraction of sp³-hybridized carbons (Fsp3) is 0.444. The Labute approximate surface area is 159 Å². The van der Waals surface area contributed by atoms with E-state index < -0.39 is 27.2 Å². The Balaban J connectivity index is 1.65. The topological polar surface area (TPSA) is 43.4 Å². The van der Waals surface area contributed by atoms with E-state index in [-0.39, 0.29) is 18.1 Å². The Morgan fingerprint density at radius 3 is 2.62 bits per heavy atom. The van der Waals surface area contributed by atoms with Crippen molar-refractivity contribution >= 4 is 50.9 Å². The summed E-state index contributed by atoms with van der Waals surface area (Å²) >= 11 is 15.7. The van der Waals surface area contributed by atoms with Gasteiger partial charge in [-0.15, -0.1) is 23.2 Å². The zero-order valence-corrected chi connectivity index (χ0v) is 16.2. The number of carbonyl (C=O) groups is 2. The van der Waals surface area contributed by atoms with Crippen LogP contribution in [0.1, 0.15) is 18.9 Å². The number of ether oxygens (including phenoxy) is 1. The normalized spacial score (nSPS) is 34.8. The van der Waals surface area contributed by atoms with Crippen LogP contribution in [0.4, 0.5) is 0 Å². The Bertz CT molecular complexity index is 701. The molecule has 0 spiro atoms. The first kappa shape index (κ1) is 18.0. The molecule has 4 atom stereocenters. The van der Waals surface area contributed by atoms with Gasteiger partial charge in [0, 0.05) is 12.3 Å². The van der Waals surface area contributed by atoms with Crippen molar-refractivity contribution in [3.05, 3.63) is 47.5 Å². The van der Waals surface area contributed by atoms with E-state index in [9.17, 15) is 9.59 Å². The van der Waals surface area contributed by atoms with Gasteiger partial charge in [0.1, 0.15) is 6.10 Å². The van der Waals surface area contributed by atoms with E-state index in [4.69, 9.17) is 27.9 Å². The van der Waals surface area contributed by atoms with Crippen molar-refractivity contribution in [2.24, 2.45) is 5.92 Å². The summed E-state index contributed by atoms with van der Waals surface area (Å²) in [5.41, 5.74) is 1.74. The third-order valence-electron chi connectivity index (χ3n) is 4.80. The molecule has 0 heterocycles. The van der Waals surface area contributed by atoms with Crippen LogP contribution in [0.3, 0.4) is 0 Å². The minimum atomic E-state index is -0.842. The summed E-state index contributed by atoms with van der Waals surface area (Å²) in [6, 6.07) is 9.74. The highest BCUT2D eigenvalue weighted by atomic mass is 79.9. The van der Waals surface area contributed by atoms with Gasteiger partial charge in [0.25, 0.3) is 0 Å². The van der Waals surface area contributed by atoms with Gasteiger partial charge >= 0.3 is 5.97 Å². The molecule has 0 radical (unpaired) electrons. The quantitative estimate of drug-likeness (QED) is 0.521. The van der Waals surface area contributed by atoms with E-state index in [1.54, 1.807) is 6.08 Å². The van der Waals surface area contributed by atoms with Gasteiger partial charge in [0.05, 0.1) is 21.5 Å². The Hall–Kier alpha value is -0.840. The number of ketones is 1. The summed E-state index contributed by atoms with van der Waals surface area (Å²) in [4.78, 5) is 23.7. The zero-order chi connectivity index (χ0) is 17.5. The summed E-state index contributed by atoms with van der Waals surface area (Å²) in [6.45, 7) is 1.82. The molecule has 1 fully saturated rings. The third kappa shape index (κ3) is 3.04. The number of alkyl halides is 3. The summed E-state index contributed by atoms with van der Waals surface area (Å²) in [7, 11) is 0. The van der Waals surface area contributed by atoms with Crippen molar-refractivity contribution in [1.82, 2.24) is 0 Å². The van der Waals surface area contributed by atoms with E-state index in [1.165, 1.54) is 0 Å². The summed E-state index contributed by atoms with van der Waals surface area (Å²) < 4.78 is 4.91. The summed E-state index contributed by atoms with van der Waals surface area (Å²) in [5.74, 6) is -0.774. The van der Waals surface area contributed by atoms with Crippen LogP contribution < -0.4 is 0 Å². The molecule has 0 aliphatic heterocycles. The molecule has 1 aromatic carbocycles. The zero-order valence-electron chi connectivity index (χ0n) is 13.1. The molecular weight excluding hydrogens is 415 g/mol. The monoisotopic (exact) mass is 430 g/mol. The number of halogens is 3. The molecule has 0 saturated heterocycles. The highest BCUT2D eigenvalue weighted by molar-refractivity contribution is 9.10. The van der Waals surface area contributed by atoms with Gasteiger partial charge in [0.2, 0.25) is 0 Å². The lowest BCUT2D eigenvalue weighted by atomic mass is 10.0. The standard InChI is InChI=1S/C18H17BrCl2O3/c1-17(19)15(18(17,21)10-20)16(23)24-13-8-12(14(22)9-13)7-11-5-3-2-4-6-11/h2-6,8,13,15H,7,9-10H2,1H3. The van der Waals surface area contributed by atoms with E-state index in [1.807, 2.05) is 37.3 Å². The molecule has 4 unspecified atom stereocenters. The molecule has 1 aromatic rings. The van der Waals surface area contributed by atoms with Crippen molar-refractivity contribution in [2.75, 3.05) is 5.88 Å². The van der Waals surface area contributed by atoms with Gasteiger partial charge in [-0.05, 0) is 24.1 Å². The van der Waals surface area contributed by atoms with Crippen molar-refractivity contribution < 1.29 is 14.3 Å². The maximum absolute atomic E-state index is 12.4. The highest BCUT2D eigenvalue weighted by Crippen LogP contribution is 2.65. The van der Waals surface area contributed by atoms with Crippen LogP contribution in [0.2, 0.25) is 0 Å². The second-order valence-electron chi connectivity index (χ2n) is 6.46. The van der Waals surface area contributed by atoms with Gasteiger partial charge < -0.3 is 4.74 Å². The van der Waals surface area contributed by atoms with Crippen molar-refractivity contribution in [3.63, 3.8) is 0 Å². The fourth-order valence-corrected chi connectivity index (χ4v) is 5.10. The number of esters is 1. The molecule has 3 rings (SSSR count). The fourth-order valence-electron chi connectivity index (χ4n) is 3.19.